The Balaban J connectivity index is 2.15. The second-order valence-electron chi connectivity index (χ2n) is 7.76. The zero-order valence-corrected chi connectivity index (χ0v) is 17.7. The van der Waals surface area contributed by atoms with E-state index in [0.717, 1.165) is 0 Å². The van der Waals surface area contributed by atoms with Crippen molar-refractivity contribution in [2.45, 2.75) is 39.5 Å². The van der Waals surface area contributed by atoms with Crippen LogP contribution in [-0.2, 0) is 23.9 Å². The van der Waals surface area contributed by atoms with Gasteiger partial charge in [-0.25, -0.2) is 4.79 Å². The molecule has 0 saturated heterocycles. The third-order valence-corrected chi connectivity index (χ3v) is 5.63. The average Bonchev–Trinajstić information content (AvgIpc) is 2.71. The van der Waals surface area contributed by atoms with Crippen LogP contribution in [0.15, 0.2) is 46.8 Å². The summed E-state index contributed by atoms with van der Waals surface area (Å²) in [4.78, 5) is 38.8. The van der Waals surface area contributed by atoms with E-state index in [1.807, 2.05) is 13.8 Å². The summed E-state index contributed by atoms with van der Waals surface area (Å²) in [6.07, 6.45) is 1.15. The number of ketones is 1. The SMILES string of the molecule is CCCOC(=O)C1=C(C)NC2=C(C(=O)[C@H](C(=O)OC)[C@@H](C)C2)[C@@H]1c1ccc(O)cc1. The van der Waals surface area contributed by atoms with Gasteiger partial charge >= 0.3 is 11.9 Å². The summed E-state index contributed by atoms with van der Waals surface area (Å²) in [6.45, 7) is 5.78. The Morgan fingerprint density at radius 2 is 1.90 bits per heavy atom. The van der Waals surface area contributed by atoms with Crippen molar-refractivity contribution in [3.05, 3.63) is 52.4 Å². The van der Waals surface area contributed by atoms with Gasteiger partial charge in [0.05, 0.1) is 19.3 Å². The summed E-state index contributed by atoms with van der Waals surface area (Å²) in [6, 6.07) is 6.37. The number of phenolic OH excluding ortho intramolecular Hbond substituents is 1. The van der Waals surface area contributed by atoms with Crippen LogP contribution in [0, 0.1) is 11.8 Å². The van der Waals surface area contributed by atoms with E-state index in [4.69, 9.17) is 9.47 Å². The summed E-state index contributed by atoms with van der Waals surface area (Å²) in [5, 5.41) is 12.9. The number of allylic oxidation sites excluding steroid dienone is 3. The molecular weight excluding hydrogens is 386 g/mol. The molecule has 2 N–H and O–H groups in total. The van der Waals surface area contributed by atoms with Crippen LogP contribution >= 0.6 is 0 Å². The molecule has 3 atom stereocenters. The van der Waals surface area contributed by atoms with Crippen molar-refractivity contribution < 1.29 is 29.0 Å². The molecule has 1 heterocycles. The lowest BCUT2D eigenvalue weighted by Crippen LogP contribution is -2.43. The Bertz CT molecular complexity index is 928. The number of dihydropyridines is 1. The van der Waals surface area contributed by atoms with Crippen LogP contribution in [-0.4, -0.2) is 36.5 Å². The fourth-order valence-corrected chi connectivity index (χ4v) is 4.22. The standard InChI is InChI=1S/C23H27NO6/c1-5-10-30-23(28)18-13(3)24-16-11-12(2)17(22(27)29-4)21(26)20(16)19(18)14-6-8-15(25)9-7-14/h6-9,12,17,19,24-25H,5,10-11H2,1-4H3/t12-,17+,19+/m0/s1. The summed E-state index contributed by atoms with van der Waals surface area (Å²) < 4.78 is 10.3. The first-order valence-corrected chi connectivity index (χ1v) is 10.1. The van der Waals surface area contributed by atoms with Gasteiger partial charge in [0.1, 0.15) is 11.7 Å². The Labute approximate surface area is 175 Å². The van der Waals surface area contributed by atoms with E-state index in [0.29, 0.717) is 40.9 Å². The highest BCUT2D eigenvalue weighted by Gasteiger charge is 2.47. The van der Waals surface area contributed by atoms with Gasteiger partial charge in [0.15, 0.2) is 5.78 Å². The molecule has 1 aromatic rings. The van der Waals surface area contributed by atoms with E-state index in [-0.39, 0.29) is 24.1 Å². The Morgan fingerprint density at radius 3 is 2.50 bits per heavy atom. The number of hydrogen-bond acceptors (Lipinski definition) is 7. The molecular formula is C23H27NO6. The minimum atomic E-state index is -0.929. The van der Waals surface area contributed by atoms with Crippen molar-refractivity contribution >= 4 is 17.7 Å². The number of nitrogens with one attached hydrogen (secondary N) is 1. The Kier molecular flexibility index (Phi) is 6.29. The minimum Gasteiger partial charge on any atom is -0.508 e. The molecule has 0 saturated carbocycles. The first-order chi connectivity index (χ1) is 14.3. The molecule has 0 amide bonds. The van der Waals surface area contributed by atoms with Crippen LogP contribution < -0.4 is 5.32 Å². The Hall–Kier alpha value is -3.09. The van der Waals surface area contributed by atoms with Gasteiger partial charge in [-0.3, -0.25) is 9.59 Å². The molecule has 160 valence electrons. The van der Waals surface area contributed by atoms with Gasteiger partial charge in [0, 0.05) is 22.9 Å². The number of aromatic hydroxyl groups is 1. The van der Waals surface area contributed by atoms with Gasteiger partial charge in [-0.2, -0.15) is 0 Å². The summed E-state index contributed by atoms with van der Waals surface area (Å²) in [5.74, 6) is -3.22. The second kappa shape index (κ2) is 8.73. The van der Waals surface area contributed by atoms with E-state index in [1.165, 1.54) is 19.2 Å². The zero-order chi connectivity index (χ0) is 22.0. The summed E-state index contributed by atoms with van der Waals surface area (Å²) >= 11 is 0. The van der Waals surface area contributed by atoms with Gasteiger partial charge in [-0.1, -0.05) is 26.0 Å². The van der Waals surface area contributed by atoms with E-state index in [1.54, 1.807) is 19.1 Å². The van der Waals surface area contributed by atoms with E-state index in [9.17, 15) is 19.5 Å². The van der Waals surface area contributed by atoms with Gasteiger partial charge in [-0.15, -0.1) is 0 Å². The maximum Gasteiger partial charge on any atom is 0.336 e. The predicted octanol–water partition coefficient (Wildman–Crippen LogP) is 2.96. The number of esters is 2. The normalized spacial score (nSPS) is 23.6. The number of phenols is 1. The molecule has 30 heavy (non-hydrogen) atoms. The Morgan fingerprint density at radius 1 is 1.23 bits per heavy atom. The molecule has 0 spiro atoms. The molecule has 0 bridgehead atoms. The molecule has 7 heteroatoms. The minimum absolute atomic E-state index is 0.0775. The summed E-state index contributed by atoms with van der Waals surface area (Å²) in [5.41, 5.74) is 2.69. The molecule has 1 aromatic carbocycles. The average molecular weight is 413 g/mol. The van der Waals surface area contributed by atoms with Crippen LogP contribution in [0.4, 0.5) is 0 Å². The number of benzene rings is 1. The van der Waals surface area contributed by atoms with Crippen LogP contribution in [0.25, 0.3) is 0 Å². The maximum atomic E-state index is 13.5. The largest absolute Gasteiger partial charge is 0.508 e. The van der Waals surface area contributed by atoms with Gasteiger partial charge in [0.2, 0.25) is 0 Å². The molecule has 0 radical (unpaired) electrons. The van der Waals surface area contributed by atoms with Crippen molar-refractivity contribution in [1.29, 1.82) is 0 Å². The highest BCUT2D eigenvalue weighted by atomic mass is 16.5. The zero-order valence-electron chi connectivity index (χ0n) is 17.7. The van der Waals surface area contributed by atoms with E-state index >= 15 is 0 Å². The lowest BCUT2D eigenvalue weighted by molar-refractivity contribution is -0.151. The van der Waals surface area contributed by atoms with Crippen molar-refractivity contribution in [2.75, 3.05) is 13.7 Å². The quantitative estimate of drug-likeness (QED) is 0.565. The van der Waals surface area contributed by atoms with Crippen molar-refractivity contribution in [3.63, 3.8) is 0 Å². The van der Waals surface area contributed by atoms with Gasteiger partial charge < -0.3 is 19.9 Å². The predicted molar refractivity (Wildman–Crippen MR) is 109 cm³/mol. The lowest BCUT2D eigenvalue weighted by Gasteiger charge is -2.38. The second-order valence-corrected chi connectivity index (χ2v) is 7.76. The smallest absolute Gasteiger partial charge is 0.336 e. The highest BCUT2D eigenvalue weighted by molar-refractivity contribution is 6.12. The molecule has 1 aliphatic carbocycles. The third kappa shape index (κ3) is 3.84. The van der Waals surface area contributed by atoms with E-state index < -0.39 is 23.8 Å². The van der Waals surface area contributed by atoms with Gasteiger partial charge in [0.25, 0.3) is 0 Å². The number of methoxy groups -OCH3 is 1. The fourth-order valence-electron chi connectivity index (χ4n) is 4.22. The van der Waals surface area contributed by atoms with Crippen LogP contribution in [0.2, 0.25) is 0 Å². The third-order valence-electron chi connectivity index (χ3n) is 5.63. The molecule has 2 aliphatic rings. The highest BCUT2D eigenvalue weighted by Crippen LogP contribution is 2.45. The molecule has 7 nitrogen and oxygen atoms in total. The number of Topliss-reactive ketones (excluding diaryl/α,β-unsaturated/α-hetero) is 1. The monoisotopic (exact) mass is 413 g/mol. The number of ether oxygens (including phenoxy) is 2. The molecule has 0 fully saturated rings. The van der Waals surface area contributed by atoms with Crippen molar-refractivity contribution in [2.24, 2.45) is 11.8 Å². The molecule has 3 rings (SSSR count). The van der Waals surface area contributed by atoms with Crippen molar-refractivity contribution in [1.82, 2.24) is 5.32 Å². The molecule has 0 aromatic heterocycles. The molecule has 1 aliphatic heterocycles. The van der Waals surface area contributed by atoms with Gasteiger partial charge in [-0.05, 0) is 43.4 Å². The van der Waals surface area contributed by atoms with Crippen LogP contribution in [0.3, 0.4) is 0 Å². The number of rotatable bonds is 5. The number of carbonyl (C=O) groups excluding carboxylic acids is 3. The maximum absolute atomic E-state index is 13.5. The van der Waals surface area contributed by atoms with Crippen LogP contribution in [0.1, 0.15) is 45.1 Å². The number of carbonyl (C=O) groups is 3. The topological polar surface area (TPSA) is 102 Å². The molecule has 0 unspecified atom stereocenters. The lowest BCUT2D eigenvalue weighted by atomic mass is 9.69. The fraction of sp³-hybridized carbons (Fsp3) is 0.435. The number of hydrogen-bond donors (Lipinski definition) is 2. The van der Waals surface area contributed by atoms with Crippen molar-refractivity contribution in [3.8, 4) is 5.75 Å². The summed E-state index contributed by atoms with van der Waals surface area (Å²) in [7, 11) is 1.26. The first-order valence-electron chi connectivity index (χ1n) is 10.1. The van der Waals surface area contributed by atoms with E-state index in [2.05, 4.69) is 5.32 Å². The first kappa shape index (κ1) is 21.6. The van der Waals surface area contributed by atoms with Crippen LogP contribution in [0.5, 0.6) is 5.75 Å².